The second-order valence-electron chi connectivity index (χ2n) is 10.9. The van der Waals surface area contributed by atoms with E-state index in [4.69, 9.17) is 4.98 Å². The van der Waals surface area contributed by atoms with Crippen LogP contribution in [0.15, 0.2) is 97.1 Å². The molecule has 0 aliphatic rings. The lowest BCUT2D eigenvalue weighted by Crippen LogP contribution is -2.24. The second-order valence-corrected chi connectivity index (χ2v) is 10.9. The fourth-order valence-corrected chi connectivity index (χ4v) is 5.37. The van der Waals surface area contributed by atoms with Gasteiger partial charge in [0.15, 0.2) is 11.6 Å². The molecule has 8 heteroatoms. The van der Waals surface area contributed by atoms with Crippen LogP contribution in [0, 0.1) is 18.6 Å². The number of unbranched alkanes of at least 4 members (excludes halogenated alkanes) is 1. The third-order valence-corrected chi connectivity index (χ3v) is 7.45. The van der Waals surface area contributed by atoms with Gasteiger partial charge in [-0.15, -0.1) is 0 Å². The van der Waals surface area contributed by atoms with Crippen LogP contribution in [0.3, 0.4) is 0 Å². The van der Waals surface area contributed by atoms with Gasteiger partial charge >= 0.3 is 6.61 Å². The normalized spacial score (nSPS) is 11.5. The van der Waals surface area contributed by atoms with Gasteiger partial charge < -0.3 is 9.30 Å². The SMILES string of the molecule is CCCCn1c(-c2ccccc2)nc(-c2ccc(F)c(F)c2)c1CN(Cc1ccc(OC(F)F)cc1)Cc1cccc(C)c1. The minimum atomic E-state index is -2.89. The molecule has 0 N–H and O–H groups in total. The van der Waals surface area contributed by atoms with E-state index >= 15 is 0 Å². The third kappa shape index (κ3) is 7.74. The maximum absolute atomic E-state index is 14.5. The van der Waals surface area contributed by atoms with E-state index in [0.29, 0.717) is 37.4 Å². The number of halogens is 4. The van der Waals surface area contributed by atoms with Crippen molar-refractivity contribution >= 4 is 0 Å². The van der Waals surface area contributed by atoms with Gasteiger partial charge in [-0.25, -0.2) is 13.8 Å². The van der Waals surface area contributed by atoms with Crippen molar-refractivity contribution in [2.24, 2.45) is 0 Å². The van der Waals surface area contributed by atoms with Crippen molar-refractivity contribution in [3.63, 3.8) is 0 Å². The van der Waals surface area contributed by atoms with Gasteiger partial charge in [0.2, 0.25) is 0 Å². The lowest BCUT2D eigenvalue weighted by atomic mass is 10.1. The Hall–Kier alpha value is -4.43. The highest BCUT2D eigenvalue weighted by Crippen LogP contribution is 2.32. The summed E-state index contributed by atoms with van der Waals surface area (Å²) in [4.78, 5) is 7.30. The number of alkyl halides is 2. The van der Waals surface area contributed by atoms with Crippen molar-refractivity contribution in [1.29, 1.82) is 0 Å². The molecule has 0 unspecified atom stereocenters. The number of hydrogen-bond acceptors (Lipinski definition) is 3. The smallest absolute Gasteiger partial charge is 0.387 e. The first kappa shape index (κ1) is 31.0. The minimum Gasteiger partial charge on any atom is -0.435 e. The predicted octanol–water partition coefficient (Wildman–Crippen LogP) is 9.41. The van der Waals surface area contributed by atoms with E-state index in [-0.39, 0.29) is 5.75 Å². The fourth-order valence-electron chi connectivity index (χ4n) is 5.37. The molecule has 44 heavy (non-hydrogen) atoms. The molecular weight excluding hydrogens is 566 g/mol. The van der Waals surface area contributed by atoms with Crippen molar-refractivity contribution < 1.29 is 22.3 Å². The van der Waals surface area contributed by atoms with Crippen LogP contribution in [-0.4, -0.2) is 21.1 Å². The molecule has 0 spiro atoms. The zero-order valence-corrected chi connectivity index (χ0v) is 24.8. The average molecular weight is 602 g/mol. The van der Waals surface area contributed by atoms with Gasteiger partial charge in [0.05, 0.1) is 11.4 Å². The van der Waals surface area contributed by atoms with E-state index in [2.05, 4.69) is 33.3 Å². The van der Waals surface area contributed by atoms with Gasteiger partial charge in [0.25, 0.3) is 0 Å². The second kappa shape index (κ2) is 14.4. The van der Waals surface area contributed by atoms with Crippen LogP contribution in [0.2, 0.25) is 0 Å². The Morgan fingerprint density at radius 2 is 1.52 bits per heavy atom. The molecule has 0 bridgehead atoms. The van der Waals surface area contributed by atoms with E-state index in [1.807, 2.05) is 49.4 Å². The summed E-state index contributed by atoms with van der Waals surface area (Å²) in [7, 11) is 0. The Balaban J connectivity index is 1.60. The number of ether oxygens (including phenoxy) is 1. The van der Waals surface area contributed by atoms with Crippen molar-refractivity contribution in [3.05, 3.63) is 131 Å². The molecule has 1 heterocycles. The van der Waals surface area contributed by atoms with Crippen molar-refractivity contribution in [1.82, 2.24) is 14.5 Å². The lowest BCUT2D eigenvalue weighted by molar-refractivity contribution is -0.0498. The Bertz CT molecular complexity index is 1670. The number of aromatic nitrogens is 2. The Labute approximate surface area is 255 Å². The molecule has 5 rings (SSSR count). The zero-order valence-electron chi connectivity index (χ0n) is 24.8. The summed E-state index contributed by atoms with van der Waals surface area (Å²) < 4.78 is 60.8. The highest BCUT2D eigenvalue weighted by atomic mass is 19.3. The molecule has 0 fully saturated rings. The summed E-state index contributed by atoms with van der Waals surface area (Å²) in [5, 5.41) is 0. The summed E-state index contributed by atoms with van der Waals surface area (Å²) in [5.74, 6) is -0.984. The topological polar surface area (TPSA) is 30.3 Å². The van der Waals surface area contributed by atoms with Crippen molar-refractivity contribution in [2.45, 2.75) is 59.5 Å². The van der Waals surface area contributed by atoms with E-state index in [1.165, 1.54) is 18.2 Å². The number of nitrogens with zero attached hydrogens (tertiary/aromatic N) is 3. The monoisotopic (exact) mass is 601 g/mol. The molecule has 0 radical (unpaired) electrons. The number of benzene rings is 4. The van der Waals surface area contributed by atoms with Crippen molar-refractivity contribution in [3.8, 4) is 28.4 Å². The van der Waals surface area contributed by atoms with Crippen LogP contribution >= 0.6 is 0 Å². The Morgan fingerprint density at radius 3 is 2.20 bits per heavy atom. The van der Waals surface area contributed by atoms with Gasteiger partial charge in [0.1, 0.15) is 11.6 Å². The quantitative estimate of drug-likeness (QED) is 0.126. The van der Waals surface area contributed by atoms with Gasteiger partial charge in [-0.2, -0.15) is 8.78 Å². The first-order valence-electron chi connectivity index (χ1n) is 14.7. The molecule has 228 valence electrons. The standard InChI is InChI=1S/C36H35F4N3O/c1-3-4-19-43-33(34(29-15-18-31(37)32(38)21-29)41-35(43)28-11-6-5-7-12-28)24-42(23-27-10-8-9-25(2)20-27)22-26-13-16-30(17-14-26)44-36(39)40/h5-18,20-21,36H,3-4,19,22-24H2,1-2H3. The first-order valence-corrected chi connectivity index (χ1v) is 14.7. The van der Waals surface area contributed by atoms with Crippen LogP contribution in [-0.2, 0) is 26.2 Å². The van der Waals surface area contributed by atoms with Crippen molar-refractivity contribution in [2.75, 3.05) is 0 Å². The van der Waals surface area contributed by atoms with Gasteiger partial charge in [0, 0.05) is 37.3 Å². The molecule has 0 aliphatic heterocycles. The maximum atomic E-state index is 14.5. The molecule has 0 amide bonds. The van der Waals surface area contributed by atoms with E-state index < -0.39 is 18.2 Å². The van der Waals surface area contributed by atoms with Crippen LogP contribution in [0.5, 0.6) is 5.75 Å². The summed E-state index contributed by atoms with van der Waals surface area (Å²) in [6, 6.07) is 28.7. The number of imidazole rings is 1. The molecule has 0 saturated heterocycles. The number of aryl methyl sites for hydroxylation is 1. The summed E-state index contributed by atoms with van der Waals surface area (Å²) in [5.41, 5.74) is 6.06. The van der Waals surface area contributed by atoms with Crippen LogP contribution < -0.4 is 4.74 Å². The average Bonchev–Trinajstić information content (AvgIpc) is 3.36. The molecular formula is C36H35F4N3O. The number of hydrogen-bond donors (Lipinski definition) is 0. The van der Waals surface area contributed by atoms with Gasteiger partial charge in [-0.1, -0.05) is 85.6 Å². The molecule has 4 aromatic carbocycles. The zero-order chi connectivity index (χ0) is 31.1. The molecule has 4 nitrogen and oxygen atoms in total. The minimum absolute atomic E-state index is 0.0970. The molecule has 0 atom stereocenters. The molecule has 1 aromatic heterocycles. The summed E-state index contributed by atoms with van der Waals surface area (Å²) in [6.07, 6.45) is 1.87. The van der Waals surface area contributed by atoms with E-state index in [0.717, 1.165) is 52.7 Å². The Kier molecular flexibility index (Phi) is 10.1. The largest absolute Gasteiger partial charge is 0.435 e. The number of rotatable bonds is 13. The third-order valence-electron chi connectivity index (χ3n) is 7.45. The van der Waals surface area contributed by atoms with Crippen LogP contribution in [0.1, 0.15) is 42.1 Å². The molecule has 0 saturated carbocycles. The first-order chi connectivity index (χ1) is 21.3. The van der Waals surface area contributed by atoms with E-state index in [9.17, 15) is 17.6 Å². The predicted molar refractivity (Wildman–Crippen MR) is 165 cm³/mol. The maximum Gasteiger partial charge on any atom is 0.387 e. The highest BCUT2D eigenvalue weighted by Gasteiger charge is 2.23. The summed E-state index contributed by atoms with van der Waals surface area (Å²) >= 11 is 0. The van der Waals surface area contributed by atoms with Gasteiger partial charge in [-0.05, 0) is 54.8 Å². The molecule has 0 aliphatic carbocycles. The summed E-state index contributed by atoms with van der Waals surface area (Å²) in [6.45, 7) is 3.51. The highest BCUT2D eigenvalue weighted by molar-refractivity contribution is 5.68. The Morgan fingerprint density at radius 1 is 0.773 bits per heavy atom. The van der Waals surface area contributed by atoms with Crippen LogP contribution in [0.25, 0.3) is 22.6 Å². The molecule has 5 aromatic rings. The van der Waals surface area contributed by atoms with E-state index in [1.54, 1.807) is 18.2 Å². The lowest BCUT2D eigenvalue weighted by Gasteiger charge is -2.25. The van der Waals surface area contributed by atoms with Crippen LogP contribution in [0.4, 0.5) is 17.6 Å². The van der Waals surface area contributed by atoms with Gasteiger partial charge in [-0.3, -0.25) is 4.90 Å². The fraction of sp³-hybridized carbons (Fsp3) is 0.250.